The molecule has 100 valence electrons. The number of nitrogen functional groups attached to an aromatic ring is 1. The Morgan fingerprint density at radius 3 is 2.68 bits per heavy atom. The first-order valence-electron chi connectivity index (χ1n) is 6.38. The van der Waals surface area contributed by atoms with Gasteiger partial charge < -0.3 is 15.1 Å². The van der Waals surface area contributed by atoms with Crippen LogP contribution < -0.4 is 10.6 Å². The fourth-order valence-electron chi connectivity index (χ4n) is 2.22. The molecule has 6 heteroatoms. The van der Waals surface area contributed by atoms with E-state index in [0.29, 0.717) is 22.6 Å². The molecule has 0 aliphatic carbocycles. The Morgan fingerprint density at radius 1 is 1.16 bits per heavy atom. The van der Waals surface area contributed by atoms with Crippen LogP contribution in [-0.2, 0) is 0 Å². The summed E-state index contributed by atoms with van der Waals surface area (Å²) in [4.78, 5) is 2.12. The molecular formula is C13H15ClN4O. The van der Waals surface area contributed by atoms with Crippen molar-refractivity contribution < 1.29 is 4.42 Å². The molecule has 0 saturated carbocycles. The van der Waals surface area contributed by atoms with Gasteiger partial charge in [0.1, 0.15) is 0 Å². The second kappa shape index (κ2) is 5.09. The number of nitrogens with zero attached hydrogens (tertiary/aromatic N) is 3. The summed E-state index contributed by atoms with van der Waals surface area (Å²) >= 11 is 5.90. The van der Waals surface area contributed by atoms with Crippen molar-refractivity contribution in [2.75, 3.05) is 23.7 Å². The summed E-state index contributed by atoms with van der Waals surface area (Å²) in [6, 6.07) is 5.89. The fraction of sp³-hybridized carbons (Fsp3) is 0.385. The molecule has 2 heterocycles. The van der Waals surface area contributed by atoms with Crippen LogP contribution in [0.3, 0.4) is 0 Å². The Hall–Kier alpha value is -1.75. The van der Waals surface area contributed by atoms with Crippen molar-refractivity contribution in [1.82, 2.24) is 10.2 Å². The zero-order chi connectivity index (χ0) is 13.2. The maximum Gasteiger partial charge on any atom is 0.318 e. The highest BCUT2D eigenvalue weighted by atomic mass is 35.5. The highest BCUT2D eigenvalue weighted by Gasteiger charge is 2.17. The Morgan fingerprint density at radius 2 is 1.95 bits per heavy atom. The third kappa shape index (κ3) is 2.51. The second-order valence-corrected chi connectivity index (χ2v) is 5.08. The van der Waals surface area contributed by atoms with E-state index in [1.165, 1.54) is 19.3 Å². The normalized spacial score (nSPS) is 15.7. The molecule has 0 spiro atoms. The van der Waals surface area contributed by atoms with Crippen molar-refractivity contribution in [3.63, 3.8) is 0 Å². The molecule has 0 bridgehead atoms. The Balaban J connectivity index is 1.85. The Labute approximate surface area is 116 Å². The van der Waals surface area contributed by atoms with Crippen LogP contribution in [0, 0.1) is 0 Å². The third-order valence-corrected chi connectivity index (χ3v) is 3.63. The van der Waals surface area contributed by atoms with Gasteiger partial charge in [-0.05, 0) is 37.5 Å². The Kier molecular flexibility index (Phi) is 3.29. The molecule has 3 rings (SSSR count). The first-order valence-corrected chi connectivity index (χ1v) is 6.76. The molecule has 1 aliphatic rings. The first-order chi connectivity index (χ1) is 9.24. The maximum absolute atomic E-state index is 5.90. The first kappa shape index (κ1) is 12.3. The third-order valence-electron chi connectivity index (χ3n) is 3.28. The van der Waals surface area contributed by atoms with E-state index in [0.717, 1.165) is 18.7 Å². The lowest BCUT2D eigenvalue weighted by Crippen LogP contribution is -2.29. The lowest BCUT2D eigenvalue weighted by molar-refractivity contribution is 0.498. The summed E-state index contributed by atoms with van der Waals surface area (Å²) < 4.78 is 5.71. The predicted molar refractivity (Wildman–Crippen MR) is 75.2 cm³/mol. The van der Waals surface area contributed by atoms with Gasteiger partial charge in [0.25, 0.3) is 0 Å². The lowest BCUT2D eigenvalue weighted by Gasteiger charge is -2.24. The molecule has 0 radical (unpaired) electrons. The van der Waals surface area contributed by atoms with Crippen molar-refractivity contribution in [2.45, 2.75) is 19.3 Å². The minimum Gasteiger partial charge on any atom is -0.403 e. The number of piperidine rings is 1. The standard InChI is InChI=1S/C13H15ClN4O/c14-10-5-4-9(8-11(10)15)12-16-17-13(19-12)18-6-2-1-3-7-18/h4-5,8H,1-3,6-7,15H2. The number of aromatic nitrogens is 2. The van der Waals surface area contributed by atoms with E-state index >= 15 is 0 Å². The molecule has 2 aromatic rings. The van der Waals surface area contributed by atoms with Gasteiger partial charge >= 0.3 is 6.01 Å². The number of benzene rings is 1. The van der Waals surface area contributed by atoms with Crippen molar-refractivity contribution in [2.24, 2.45) is 0 Å². The average Bonchev–Trinajstić information content (AvgIpc) is 2.93. The smallest absolute Gasteiger partial charge is 0.318 e. The van der Waals surface area contributed by atoms with Gasteiger partial charge in [-0.25, -0.2) is 0 Å². The molecule has 0 unspecified atom stereocenters. The van der Waals surface area contributed by atoms with E-state index in [2.05, 4.69) is 15.1 Å². The lowest BCUT2D eigenvalue weighted by atomic mass is 10.1. The number of hydrogen-bond donors (Lipinski definition) is 1. The van der Waals surface area contributed by atoms with Gasteiger partial charge in [0, 0.05) is 18.7 Å². The average molecular weight is 279 g/mol. The van der Waals surface area contributed by atoms with Crippen molar-refractivity contribution in [3.8, 4) is 11.5 Å². The van der Waals surface area contributed by atoms with E-state index in [1.54, 1.807) is 12.1 Å². The van der Waals surface area contributed by atoms with Crippen molar-refractivity contribution in [3.05, 3.63) is 23.2 Å². The molecule has 1 saturated heterocycles. The van der Waals surface area contributed by atoms with Crippen LogP contribution in [0.2, 0.25) is 5.02 Å². The quantitative estimate of drug-likeness (QED) is 0.856. The topological polar surface area (TPSA) is 68.2 Å². The summed E-state index contributed by atoms with van der Waals surface area (Å²) in [6.07, 6.45) is 3.61. The van der Waals surface area contributed by atoms with Gasteiger partial charge in [-0.2, -0.15) is 0 Å². The monoisotopic (exact) mass is 278 g/mol. The van der Waals surface area contributed by atoms with Crippen LogP contribution in [0.4, 0.5) is 11.7 Å². The molecule has 1 aromatic carbocycles. The molecule has 2 N–H and O–H groups in total. The molecule has 1 aromatic heterocycles. The summed E-state index contributed by atoms with van der Waals surface area (Å²) in [7, 11) is 0. The maximum atomic E-state index is 5.90. The summed E-state index contributed by atoms with van der Waals surface area (Å²) in [5.41, 5.74) is 7.08. The molecule has 19 heavy (non-hydrogen) atoms. The minimum absolute atomic E-state index is 0.476. The molecule has 0 amide bonds. The highest BCUT2D eigenvalue weighted by molar-refractivity contribution is 6.33. The van der Waals surface area contributed by atoms with Crippen LogP contribution in [-0.4, -0.2) is 23.3 Å². The number of halogens is 1. The molecule has 5 nitrogen and oxygen atoms in total. The van der Waals surface area contributed by atoms with E-state index in [-0.39, 0.29) is 0 Å². The summed E-state index contributed by atoms with van der Waals surface area (Å²) in [6.45, 7) is 1.95. The highest BCUT2D eigenvalue weighted by Crippen LogP contribution is 2.28. The number of anilines is 2. The van der Waals surface area contributed by atoms with Crippen LogP contribution in [0.25, 0.3) is 11.5 Å². The van der Waals surface area contributed by atoms with Gasteiger partial charge in [0.15, 0.2) is 0 Å². The fourth-order valence-corrected chi connectivity index (χ4v) is 2.34. The summed E-state index contributed by atoms with van der Waals surface area (Å²) in [5.74, 6) is 0.476. The van der Waals surface area contributed by atoms with E-state index < -0.39 is 0 Å². The van der Waals surface area contributed by atoms with Crippen molar-refractivity contribution >= 4 is 23.3 Å². The number of nitrogens with two attached hydrogens (primary N) is 1. The molecule has 1 aliphatic heterocycles. The second-order valence-electron chi connectivity index (χ2n) is 4.67. The number of hydrogen-bond acceptors (Lipinski definition) is 5. The summed E-state index contributed by atoms with van der Waals surface area (Å²) in [5, 5.41) is 8.71. The van der Waals surface area contributed by atoms with E-state index in [4.69, 9.17) is 21.8 Å². The molecular weight excluding hydrogens is 264 g/mol. The minimum atomic E-state index is 0.476. The molecule has 1 fully saturated rings. The van der Waals surface area contributed by atoms with E-state index in [1.807, 2.05) is 6.07 Å². The van der Waals surface area contributed by atoms with Crippen LogP contribution in [0.1, 0.15) is 19.3 Å². The molecule has 0 atom stereocenters. The van der Waals surface area contributed by atoms with Gasteiger partial charge in [-0.15, -0.1) is 5.10 Å². The van der Waals surface area contributed by atoms with Crippen LogP contribution >= 0.6 is 11.6 Å². The SMILES string of the molecule is Nc1cc(-c2nnc(N3CCCCC3)o2)ccc1Cl. The van der Waals surface area contributed by atoms with Crippen molar-refractivity contribution in [1.29, 1.82) is 0 Å². The predicted octanol–water partition coefficient (Wildman–Crippen LogP) is 2.96. The number of rotatable bonds is 2. The van der Waals surface area contributed by atoms with Gasteiger partial charge in [-0.1, -0.05) is 16.7 Å². The van der Waals surface area contributed by atoms with Gasteiger partial charge in [0.05, 0.1) is 10.7 Å². The van der Waals surface area contributed by atoms with Crippen LogP contribution in [0.5, 0.6) is 0 Å². The Bertz CT molecular complexity index is 578. The van der Waals surface area contributed by atoms with Gasteiger partial charge in [-0.3, -0.25) is 0 Å². The van der Waals surface area contributed by atoms with Gasteiger partial charge in [0.2, 0.25) is 5.89 Å². The largest absolute Gasteiger partial charge is 0.403 e. The van der Waals surface area contributed by atoms with E-state index in [9.17, 15) is 0 Å². The zero-order valence-electron chi connectivity index (χ0n) is 10.5. The van der Waals surface area contributed by atoms with Crippen LogP contribution in [0.15, 0.2) is 22.6 Å². The zero-order valence-corrected chi connectivity index (χ0v) is 11.2.